The number of hydrazone groups is 1. The molecule has 1 aromatic carbocycles. The summed E-state index contributed by atoms with van der Waals surface area (Å²) in [6.45, 7) is 11.8. The monoisotopic (exact) mass is 352 g/mol. The maximum Gasteiger partial charge on any atom is 0.183 e. The van der Waals surface area contributed by atoms with Gasteiger partial charge in [0.2, 0.25) is 0 Å². The van der Waals surface area contributed by atoms with Crippen molar-refractivity contribution < 1.29 is 0 Å². The first-order valence-electron chi connectivity index (χ1n) is 8.05. The van der Waals surface area contributed by atoms with Crippen LogP contribution in [-0.4, -0.2) is 27.5 Å². The lowest BCUT2D eigenvalue weighted by Crippen LogP contribution is -2.35. The summed E-state index contributed by atoms with van der Waals surface area (Å²) in [5.41, 5.74) is 5.73. The van der Waals surface area contributed by atoms with Gasteiger partial charge in [-0.3, -0.25) is 10.8 Å². The molecule has 2 N–H and O–H groups in total. The zero-order chi connectivity index (χ0) is 18.6. The Morgan fingerprint density at radius 2 is 1.84 bits per heavy atom. The summed E-state index contributed by atoms with van der Waals surface area (Å²) in [4.78, 5) is 0. The van der Waals surface area contributed by atoms with E-state index in [4.69, 9.17) is 10.8 Å². The van der Waals surface area contributed by atoms with Crippen molar-refractivity contribution in [3.8, 4) is 0 Å². The SMILES string of the molecule is C=C(C)/C=C(\C=C(C)C)C(=N)N1N=C(c2ccc(C)cc2)CSC1=N. The van der Waals surface area contributed by atoms with Crippen molar-refractivity contribution in [1.82, 2.24) is 5.01 Å². The highest BCUT2D eigenvalue weighted by molar-refractivity contribution is 8.14. The van der Waals surface area contributed by atoms with Crippen LogP contribution < -0.4 is 0 Å². The van der Waals surface area contributed by atoms with E-state index in [2.05, 4.69) is 11.7 Å². The molecule has 0 spiro atoms. The molecule has 0 atom stereocenters. The van der Waals surface area contributed by atoms with E-state index < -0.39 is 0 Å². The van der Waals surface area contributed by atoms with E-state index in [0.717, 1.165) is 22.4 Å². The lowest BCUT2D eigenvalue weighted by atomic mass is 10.1. The topological polar surface area (TPSA) is 63.3 Å². The zero-order valence-electron chi connectivity index (χ0n) is 15.2. The number of rotatable bonds is 4. The molecule has 0 radical (unpaired) electrons. The molecule has 2 rings (SSSR count). The smallest absolute Gasteiger partial charge is 0.183 e. The van der Waals surface area contributed by atoms with Crippen LogP contribution in [0.3, 0.4) is 0 Å². The number of hydrogen-bond donors (Lipinski definition) is 2. The number of nitrogens with one attached hydrogen (secondary N) is 2. The number of hydrogen-bond acceptors (Lipinski definition) is 4. The molecule has 1 heterocycles. The van der Waals surface area contributed by atoms with Crippen molar-refractivity contribution in [3.63, 3.8) is 0 Å². The summed E-state index contributed by atoms with van der Waals surface area (Å²) in [6, 6.07) is 8.17. The third-order valence-corrected chi connectivity index (χ3v) is 4.34. The van der Waals surface area contributed by atoms with Gasteiger partial charge in [0.15, 0.2) is 11.0 Å². The summed E-state index contributed by atoms with van der Waals surface area (Å²) in [5.74, 6) is 0.819. The highest BCUT2D eigenvalue weighted by Crippen LogP contribution is 2.22. The van der Waals surface area contributed by atoms with E-state index in [9.17, 15) is 0 Å². The minimum Gasteiger partial charge on any atom is -0.282 e. The third kappa shape index (κ3) is 5.03. The number of benzene rings is 1. The molecule has 25 heavy (non-hydrogen) atoms. The standard InChI is InChI=1S/C20H24N4S/c1-13(2)10-17(11-14(3)4)19(21)24-20(22)25-12-18(23-24)16-8-6-15(5)7-9-16/h6-11,21-22H,1,12H2,2-5H3/b17-10+,21-19?,22-20?. The van der Waals surface area contributed by atoms with Gasteiger partial charge in [0.05, 0.1) is 5.71 Å². The van der Waals surface area contributed by atoms with Crippen LogP contribution in [0.5, 0.6) is 0 Å². The highest BCUT2D eigenvalue weighted by atomic mass is 32.2. The summed E-state index contributed by atoms with van der Waals surface area (Å²) in [5, 5.41) is 23.0. The zero-order valence-corrected chi connectivity index (χ0v) is 16.0. The molecule has 0 aromatic heterocycles. The van der Waals surface area contributed by atoms with Gasteiger partial charge in [-0.2, -0.15) is 10.1 Å². The molecule has 0 amide bonds. The highest BCUT2D eigenvalue weighted by Gasteiger charge is 2.24. The molecular formula is C20H24N4S. The first-order valence-corrected chi connectivity index (χ1v) is 9.03. The summed E-state index contributed by atoms with van der Waals surface area (Å²) >= 11 is 1.38. The lowest BCUT2D eigenvalue weighted by Gasteiger charge is -2.26. The predicted octanol–water partition coefficient (Wildman–Crippen LogP) is 5.13. The quantitative estimate of drug-likeness (QED) is 0.448. The molecule has 1 aliphatic heterocycles. The number of allylic oxidation sites excluding steroid dienone is 3. The largest absolute Gasteiger partial charge is 0.282 e. The normalized spacial score (nSPS) is 14.9. The van der Waals surface area contributed by atoms with Crippen LogP contribution >= 0.6 is 11.8 Å². The second-order valence-corrected chi connectivity index (χ2v) is 7.30. The van der Waals surface area contributed by atoms with Crippen molar-refractivity contribution >= 4 is 28.5 Å². The first-order chi connectivity index (χ1) is 11.8. The number of nitrogens with zero attached hydrogens (tertiary/aromatic N) is 2. The molecule has 4 nitrogen and oxygen atoms in total. The molecule has 0 bridgehead atoms. The van der Waals surface area contributed by atoms with E-state index in [1.165, 1.54) is 22.3 Å². The predicted molar refractivity (Wildman–Crippen MR) is 110 cm³/mol. The van der Waals surface area contributed by atoms with Crippen molar-refractivity contribution in [2.75, 3.05) is 5.75 Å². The van der Waals surface area contributed by atoms with E-state index in [1.807, 2.05) is 64.1 Å². The molecule has 0 fully saturated rings. The molecule has 0 aliphatic carbocycles. The molecule has 0 saturated heterocycles. The molecule has 0 saturated carbocycles. The minimum absolute atomic E-state index is 0.186. The molecule has 0 unspecified atom stereocenters. The maximum atomic E-state index is 8.55. The fourth-order valence-electron chi connectivity index (χ4n) is 2.31. The minimum atomic E-state index is 0.186. The van der Waals surface area contributed by atoms with Crippen molar-refractivity contribution in [3.05, 3.63) is 70.8 Å². The lowest BCUT2D eigenvalue weighted by molar-refractivity contribution is 0.660. The van der Waals surface area contributed by atoms with E-state index >= 15 is 0 Å². The third-order valence-electron chi connectivity index (χ3n) is 3.47. The average molecular weight is 353 g/mol. The van der Waals surface area contributed by atoms with Crippen molar-refractivity contribution in [2.45, 2.75) is 27.7 Å². The van der Waals surface area contributed by atoms with Crippen LogP contribution in [0.2, 0.25) is 0 Å². The van der Waals surface area contributed by atoms with Gasteiger partial charge in [-0.15, -0.1) is 0 Å². The summed E-state index contributed by atoms with van der Waals surface area (Å²) < 4.78 is 0. The van der Waals surface area contributed by atoms with Gasteiger partial charge in [-0.25, -0.2) is 0 Å². The molecule has 5 heteroatoms. The average Bonchev–Trinajstić information content (AvgIpc) is 2.54. The van der Waals surface area contributed by atoms with E-state index in [-0.39, 0.29) is 11.0 Å². The van der Waals surface area contributed by atoms with Crippen molar-refractivity contribution in [2.24, 2.45) is 5.10 Å². The fraction of sp³-hybridized carbons (Fsp3) is 0.250. The molecule has 1 aliphatic rings. The molecule has 1 aromatic rings. The Labute approximate surface area is 154 Å². The van der Waals surface area contributed by atoms with Crippen molar-refractivity contribution in [1.29, 1.82) is 10.8 Å². The van der Waals surface area contributed by atoms with Crippen LogP contribution in [0.1, 0.15) is 31.9 Å². The van der Waals surface area contributed by atoms with Crippen LogP contribution in [0.15, 0.2) is 64.8 Å². The Hall–Kier alpha value is -2.40. The van der Waals surface area contributed by atoms with Crippen LogP contribution in [-0.2, 0) is 0 Å². The Morgan fingerprint density at radius 3 is 2.40 bits per heavy atom. The fourth-order valence-corrected chi connectivity index (χ4v) is 3.06. The number of thioether (sulfide) groups is 1. The van der Waals surface area contributed by atoms with Gasteiger partial charge in [-0.05, 0) is 39.3 Å². The van der Waals surface area contributed by atoms with Crippen LogP contribution in [0.25, 0.3) is 0 Å². The summed E-state index contributed by atoms with van der Waals surface area (Å²) in [7, 11) is 0. The summed E-state index contributed by atoms with van der Waals surface area (Å²) in [6.07, 6.45) is 3.77. The van der Waals surface area contributed by atoms with Gasteiger partial charge < -0.3 is 0 Å². The van der Waals surface area contributed by atoms with E-state index in [1.54, 1.807) is 0 Å². The van der Waals surface area contributed by atoms with Gasteiger partial charge in [0.25, 0.3) is 0 Å². The number of aryl methyl sites for hydroxylation is 1. The Balaban J connectivity index is 2.40. The molecule has 130 valence electrons. The van der Waals surface area contributed by atoms with Crippen LogP contribution in [0.4, 0.5) is 0 Å². The maximum absolute atomic E-state index is 8.55. The first kappa shape index (κ1) is 18.9. The van der Waals surface area contributed by atoms with Gasteiger partial charge in [0.1, 0.15) is 0 Å². The number of amidine groups is 2. The van der Waals surface area contributed by atoms with Gasteiger partial charge in [-0.1, -0.05) is 65.4 Å². The Bertz CT molecular complexity index is 793. The van der Waals surface area contributed by atoms with Gasteiger partial charge >= 0.3 is 0 Å². The van der Waals surface area contributed by atoms with Crippen LogP contribution in [0, 0.1) is 17.7 Å². The van der Waals surface area contributed by atoms with Gasteiger partial charge in [0, 0.05) is 11.3 Å². The second kappa shape index (κ2) is 8.12. The second-order valence-electron chi connectivity index (χ2n) is 6.33. The Morgan fingerprint density at radius 1 is 1.20 bits per heavy atom. The van der Waals surface area contributed by atoms with E-state index in [0.29, 0.717) is 11.3 Å². The Kier molecular flexibility index (Phi) is 6.15. The molecular weight excluding hydrogens is 328 g/mol.